The number of nitrogens with two attached hydrogens (primary N) is 1. The summed E-state index contributed by atoms with van der Waals surface area (Å²) in [5, 5.41) is 29.2. The Hall–Kier alpha value is -0.890. The minimum absolute atomic E-state index is 0.435. The van der Waals surface area contributed by atoms with Gasteiger partial charge in [0.1, 0.15) is 18.3 Å². The third-order valence-corrected chi connectivity index (χ3v) is 1.83. The van der Waals surface area contributed by atoms with Crippen LogP contribution in [-0.2, 0) is 4.74 Å². The van der Waals surface area contributed by atoms with E-state index in [9.17, 15) is 15.0 Å². The van der Waals surface area contributed by atoms with Crippen LogP contribution in [0, 0.1) is 0 Å². The van der Waals surface area contributed by atoms with Gasteiger partial charge in [0.25, 0.3) is 0 Å². The highest BCUT2D eigenvalue weighted by molar-refractivity contribution is 5.71. The highest BCUT2D eigenvalue weighted by atomic mass is 16.6. The highest BCUT2D eigenvalue weighted by Gasteiger charge is 2.42. The molecule has 1 fully saturated rings. The van der Waals surface area contributed by atoms with Gasteiger partial charge in [-0.15, -0.1) is 0 Å². The first-order valence-electron chi connectivity index (χ1n) is 3.74. The monoisotopic (exact) mass is 192 g/mol. The molecule has 0 aromatic heterocycles. The van der Waals surface area contributed by atoms with Gasteiger partial charge in [-0.05, 0) is 0 Å². The van der Waals surface area contributed by atoms with E-state index in [0.29, 0.717) is 0 Å². The van der Waals surface area contributed by atoms with Gasteiger partial charge >= 0.3 is 6.03 Å². The van der Waals surface area contributed by atoms with Crippen molar-refractivity contribution in [3.8, 4) is 0 Å². The SMILES string of the molecule is NC(=O)N[C@@H]1O[C@H](CO)[C@@H](O)[C@@H]1O. The quantitative estimate of drug-likeness (QED) is 0.321. The molecule has 0 radical (unpaired) electrons. The van der Waals surface area contributed by atoms with E-state index in [4.69, 9.17) is 15.6 Å². The standard InChI is InChI=1S/C6H12N2O5/c7-6(12)8-5-4(11)3(10)2(1-9)13-5/h2-5,9-11H,1H2,(H3,7,8,12)/t2-,3-,4+,5-/m1/s1. The van der Waals surface area contributed by atoms with E-state index in [1.54, 1.807) is 0 Å². The van der Waals surface area contributed by atoms with Gasteiger partial charge in [0.15, 0.2) is 6.23 Å². The molecule has 7 heteroatoms. The number of urea groups is 1. The van der Waals surface area contributed by atoms with Crippen molar-refractivity contribution in [1.29, 1.82) is 0 Å². The fourth-order valence-corrected chi connectivity index (χ4v) is 1.16. The van der Waals surface area contributed by atoms with E-state index in [0.717, 1.165) is 0 Å². The van der Waals surface area contributed by atoms with E-state index < -0.39 is 37.2 Å². The summed E-state index contributed by atoms with van der Waals surface area (Å²) in [6, 6.07) is -0.866. The molecule has 0 unspecified atom stereocenters. The van der Waals surface area contributed by atoms with Crippen LogP contribution in [0.3, 0.4) is 0 Å². The second kappa shape index (κ2) is 3.88. The van der Waals surface area contributed by atoms with Crippen molar-refractivity contribution in [3.05, 3.63) is 0 Å². The number of nitrogens with one attached hydrogen (secondary N) is 1. The summed E-state index contributed by atoms with van der Waals surface area (Å²) in [5.41, 5.74) is 4.78. The maximum Gasteiger partial charge on any atom is 0.314 e. The summed E-state index contributed by atoms with van der Waals surface area (Å²) in [6.07, 6.45) is -4.46. The van der Waals surface area contributed by atoms with Crippen LogP contribution in [0.1, 0.15) is 0 Å². The minimum atomic E-state index is -1.27. The Morgan fingerprint density at radius 3 is 2.46 bits per heavy atom. The predicted molar refractivity (Wildman–Crippen MR) is 40.5 cm³/mol. The van der Waals surface area contributed by atoms with Gasteiger partial charge in [0, 0.05) is 0 Å². The van der Waals surface area contributed by atoms with Crippen molar-refractivity contribution in [2.45, 2.75) is 24.5 Å². The lowest BCUT2D eigenvalue weighted by molar-refractivity contribution is -0.0281. The van der Waals surface area contributed by atoms with E-state index >= 15 is 0 Å². The van der Waals surface area contributed by atoms with E-state index in [1.165, 1.54) is 0 Å². The molecule has 7 nitrogen and oxygen atoms in total. The molecule has 0 aromatic carbocycles. The summed E-state index contributed by atoms with van der Waals surface area (Å²) < 4.78 is 4.88. The fraction of sp³-hybridized carbons (Fsp3) is 0.833. The zero-order chi connectivity index (χ0) is 10.0. The number of primary amides is 1. The van der Waals surface area contributed by atoms with Crippen molar-refractivity contribution in [2.24, 2.45) is 5.73 Å². The zero-order valence-electron chi connectivity index (χ0n) is 6.75. The molecule has 76 valence electrons. The minimum Gasteiger partial charge on any atom is -0.394 e. The van der Waals surface area contributed by atoms with Crippen molar-refractivity contribution in [2.75, 3.05) is 6.61 Å². The van der Waals surface area contributed by atoms with Crippen LogP contribution in [0.25, 0.3) is 0 Å². The van der Waals surface area contributed by atoms with E-state index in [-0.39, 0.29) is 0 Å². The van der Waals surface area contributed by atoms with Gasteiger partial charge in [-0.2, -0.15) is 0 Å². The van der Waals surface area contributed by atoms with Crippen LogP contribution in [0.2, 0.25) is 0 Å². The van der Waals surface area contributed by atoms with Crippen molar-refractivity contribution < 1.29 is 24.9 Å². The molecule has 0 spiro atoms. The summed E-state index contributed by atoms with van der Waals surface area (Å²) in [4.78, 5) is 10.4. The number of carbonyl (C=O) groups excluding carboxylic acids is 1. The molecule has 0 aliphatic carbocycles. The van der Waals surface area contributed by atoms with Gasteiger partial charge in [-0.3, -0.25) is 0 Å². The Morgan fingerprint density at radius 2 is 2.08 bits per heavy atom. The lowest BCUT2D eigenvalue weighted by Gasteiger charge is -2.14. The molecular weight excluding hydrogens is 180 g/mol. The Kier molecular flexibility index (Phi) is 3.04. The first kappa shape index (κ1) is 10.2. The topological polar surface area (TPSA) is 125 Å². The lowest BCUT2D eigenvalue weighted by Crippen LogP contribution is -2.45. The zero-order valence-corrected chi connectivity index (χ0v) is 6.75. The summed E-state index contributed by atoms with van der Waals surface area (Å²) in [7, 11) is 0. The van der Waals surface area contributed by atoms with Crippen LogP contribution in [-0.4, -0.2) is 52.5 Å². The van der Waals surface area contributed by atoms with Crippen LogP contribution >= 0.6 is 0 Å². The molecule has 6 N–H and O–H groups in total. The molecule has 4 atom stereocenters. The molecule has 1 rings (SSSR count). The molecule has 1 heterocycles. The maximum absolute atomic E-state index is 10.4. The Morgan fingerprint density at radius 1 is 1.46 bits per heavy atom. The van der Waals surface area contributed by atoms with Gasteiger partial charge in [-0.25, -0.2) is 4.79 Å². The van der Waals surface area contributed by atoms with Gasteiger partial charge in [0.05, 0.1) is 6.61 Å². The van der Waals surface area contributed by atoms with Gasteiger partial charge in [0.2, 0.25) is 0 Å². The molecule has 0 bridgehead atoms. The van der Waals surface area contributed by atoms with Gasteiger partial charge in [-0.1, -0.05) is 0 Å². The Labute approximate surface area is 74.1 Å². The highest BCUT2D eigenvalue weighted by Crippen LogP contribution is 2.18. The van der Waals surface area contributed by atoms with E-state index in [2.05, 4.69) is 5.32 Å². The van der Waals surface area contributed by atoms with Gasteiger partial charge < -0.3 is 31.1 Å². The number of rotatable bonds is 2. The second-order valence-corrected chi connectivity index (χ2v) is 2.77. The average molecular weight is 192 g/mol. The van der Waals surface area contributed by atoms with Crippen LogP contribution < -0.4 is 11.1 Å². The third-order valence-electron chi connectivity index (χ3n) is 1.83. The smallest absolute Gasteiger partial charge is 0.314 e. The first-order chi connectivity index (χ1) is 6.06. The molecular formula is C6H12N2O5. The second-order valence-electron chi connectivity index (χ2n) is 2.77. The normalized spacial score (nSPS) is 39.0. The van der Waals surface area contributed by atoms with Crippen molar-refractivity contribution in [3.63, 3.8) is 0 Å². The molecule has 1 aliphatic heterocycles. The van der Waals surface area contributed by atoms with Crippen LogP contribution in [0.4, 0.5) is 4.79 Å². The summed E-state index contributed by atoms with van der Waals surface area (Å²) >= 11 is 0. The number of hydrogen-bond acceptors (Lipinski definition) is 5. The van der Waals surface area contributed by atoms with Crippen molar-refractivity contribution in [1.82, 2.24) is 5.32 Å². The molecule has 1 saturated heterocycles. The predicted octanol–water partition coefficient (Wildman–Crippen LogP) is -2.91. The molecule has 0 aromatic rings. The number of ether oxygens (including phenoxy) is 1. The maximum atomic E-state index is 10.4. The Balaban J connectivity index is 2.55. The van der Waals surface area contributed by atoms with Crippen molar-refractivity contribution >= 4 is 6.03 Å². The Bertz CT molecular complexity index is 199. The third kappa shape index (κ3) is 2.07. The first-order valence-corrected chi connectivity index (χ1v) is 3.74. The van der Waals surface area contributed by atoms with E-state index in [1.807, 2.05) is 0 Å². The molecule has 1 aliphatic rings. The molecule has 13 heavy (non-hydrogen) atoms. The lowest BCUT2D eigenvalue weighted by atomic mass is 10.1. The fourth-order valence-electron chi connectivity index (χ4n) is 1.16. The number of aliphatic hydroxyl groups is 3. The summed E-state index contributed by atoms with van der Waals surface area (Å²) in [5.74, 6) is 0. The average Bonchev–Trinajstić information content (AvgIpc) is 2.32. The number of aliphatic hydroxyl groups excluding tert-OH is 3. The summed E-state index contributed by atoms with van der Waals surface area (Å²) in [6.45, 7) is -0.435. The molecule has 2 amide bonds. The molecule has 0 saturated carbocycles. The number of amides is 2. The number of carbonyl (C=O) groups is 1. The number of hydrogen-bond donors (Lipinski definition) is 5. The van der Waals surface area contributed by atoms with Crippen LogP contribution in [0.15, 0.2) is 0 Å². The largest absolute Gasteiger partial charge is 0.394 e. The van der Waals surface area contributed by atoms with Crippen LogP contribution in [0.5, 0.6) is 0 Å².